The van der Waals surface area contributed by atoms with Gasteiger partial charge in [0, 0.05) is 41.8 Å². The number of aliphatic hydroxyl groups is 1. The van der Waals surface area contributed by atoms with E-state index >= 15 is 4.39 Å². The molecule has 0 bridgehead atoms. The molecule has 1 fully saturated rings. The first-order valence-corrected chi connectivity index (χ1v) is 14.1. The van der Waals surface area contributed by atoms with Gasteiger partial charge in [0.15, 0.2) is 11.6 Å². The number of rotatable bonds is 11. The summed E-state index contributed by atoms with van der Waals surface area (Å²) in [5, 5.41) is 14.6. The van der Waals surface area contributed by atoms with Crippen LogP contribution in [-0.4, -0.2) is 49.5 Å². The highest BCUT2D eigenvalue weighted by atomic mass is 35.5. The summed E-state index contributed by atoms with van der Waals surface area (Å²) in [6, 6.07) is 16.2. The van der Waals surface area contributed by atoms with Crippen LogP contribution in [0.5, 0.6) is 5.75 Å². The summed E-state index contributed by atoms with van der Waals surface area (Å²) in [5.74, 6) is -1.78. The highest BCUT2D eigenvalue weighted by molar-refractivity contribution is 6.37. The summed E-state index contributed by atoms with van der Waals surface area (Å²) in [6.07, 6.45) is 3.17. The fraction of sp³-hybridized carbons (Fsp3) is 0.387. The molecule has 4 rings (SSSR count). The van der Waals surface area contributed by atoms with Crippen LogP contribution in [0.4, 0.5) is 4.39 Å². The number of halogens is 3. The van der Waals surface area contributed by atoms with Crippen LogP contribution in [0.25, 0.3) is 11.1 Å². The number of hydrogen-bond acceptors (Lipinski definition) is 5. The molecule has 0 heterocycles. The molecule has 3 aromatic carbocycles. The second-order valence-corrected chi connectivity index (χ2v) is 11.3. The van der Waals surface area contributed by atoms with Crippen LogP contribution >= 0.6 is 23.2 Å². The first-order valence-electron chi connectivity index (χ1n) is 13.4. The molecule has 6 nitrogen and oxygen atoms in total. The van der Waals surface area contributed by atoms with Crippen molar-refractivity contribution < 1.29 is 23.8 Å². The number of nitrogens with one attached hydrogen (secondary N) is 1. The first-order chi connectivity index (χ1) is 19.1. The lowest BCUT2D eigenvalue weighted by molar-refractivity contribution is 0.0141. The Labute approximate surface area is 244 Å². The third-order valence-corrected chi connectivity index (χ3v) is 8.16. The molecular formula is C31H35Cl2FN2O4. The van der Waals surface area contributed by atoms with E-state index in [0.717, 1.165) is 36.8 Å². The van der Waals surface area contributed by atoms with Gasteiger partial charge in [0.25, 0.3) is 0 Å². The molecule has 9 heteroatoms. The van der Waals surface area contributed by atoms with Crippen molar-refractivity contribution in [3.63, 3.8) is 0 Å². The smallest absolute Gasteiger partial charge is 0.249 e. The lowest BCUT2D eigenvalue weighted by atomic mass is 9.83. The normalized spacial score (nSPS) is 19.8. The van der Waals surface area contributed by atoms with Crippen molar-refractivity contribution in [3.8, 4) is 16.9 Å². The van der Waals surface area contributed by atoms with Crippen molar-refractivity contribution in [2.24, 2.45) is 5.73 Å². The Morgan fingerprint density at radius 3 is 2.48 bits per heavy atom. The maximum atomic E-state index is 15.9. The van der Waals surface area contributed by atoms with Crippen molar-refractivity contribution in [1.29, 1.82) is 0 Å². The third-order valence-electron chi connectivity index (χ3n) is 7.52. The summed E-state index contributed by atoms with van der Waals surface area (Å²) < 4.78 is 26.5. The van der Waals surface area contributed by atoms with Crippen LogP contribution in [0.15, 0.2) is 54.6 Å². The van der Waals surface area contributed by atoms with E-state index in [9.17, 15) is 9.90 Å². The molecule has 1 aliphatic rings. The van der Waals surface area contributed by atoms with Crippen LogP contribution in [0, 0.1) is 5.82 Å². The Morgan fingerprint density at radius 1 is 1.12 bits per heavy atom. The van der Waals surface area contributed by atoms with Crippen LogP contribution in [0.3, 0.4) is 0 Å². The Balaban J connectivity index is 1.76. The van der Waals surface area contributed by atoms with Crippen LogP contribution in [0.2, 0.25) is 10.0 Å². The maximum absolute atomic E-state index is 15.9. The number of nitrogens with two attached hydrogens (primary N) is 1. The summed E-state index contributed by atoms with van der Waals surface area (Å²) in [7, 11) is 1.52. The molecule has 0 aromatic heterocycles. The molecule has 0 spiro atoms. The van der Waals surface area contributed by atoms with Gasteiger partial charge in [-0.25, -0.2) is 4.39 Å². The highest BCUT2D eigenvalue weighted by Crippen LogP contribution is 2.42. The summed E-state index contributed by atoms with van der Waals surface area (Å²) in [4.78, 5) is 12.4. The molecule has 1 unspecified atom stereocenters. The number of ether oxygens (including phenoxy) is 2. The zero-order chi connectivity index (χ0) is 28.9. The lowest BCUT2D eigenvalue weighted by Gasteiger charge is -2.34. The van der Waals surface area contributed by atoms with Gasteiger partial charge in [-0.15, -0.1) is 0 Å². The minimum absolute atomic E-state index is 0.0181. The van der Waals surface area contributed by atoms with E-state index in [2.05, 4.69) is 5.32 Å². The van der Waals surface area contributed by atoms with Crippen molar-refractivity contribution in [3.05, 3.63) is 87.2 Å². The van der Waals surface area contributed by atoms with Crippen LogP contribution in [-0.2, 0) is 4.74 Å². The summed E-state index contributed by atoms with van der Waals surface area (Å²) in [6.45, 7) is 2.83. The largest absolute Gasteiger partial charge is 0.488 e. The van der Waals surface area contributed by atoms with Gasteiger partial charge >= 0.3 is 0 Å². The molecule has 214 valence electrons. The van der Waals surface area contributed by atoms with Gasteiger partial charge in [0.1, 0.15) is 6.61 Å². The van der Waals surface area contributed by atoms with Crippen molar-refractivity contribution in [2.75, 3.05) is 26.9 Å². The third kappa shape index (κ3) is 7.14. The van der Waals surface area contributed by atoms with E-state index in [1.165, 1.54) is 19.2 Å². The predicted octanol–water partition coefficient (Wildman–Crippen LogP) is 6.34. The first kappa shape index (κ1) is 30.3. The molecule has 3 aromatic rings. The predicted molar refractivity (Wildman–Crippen MR) is 157 cm³/mol. The highest BCUT2D eigenvalue weighted by Gasteiger charge is 2.30. The van der Waals surface area contributed by atoms with E-state index in [1.807, 2.05) is 37.3 Å². The molecule has 0 radical (unpaired) electrons. The zero-order valence-corrected chi connectivity index (χ0v) is 24.2. The number of hydrogen-bond donors (Lipinski definition) is 3. The van der Waals surface area contributed by atoms with Gasteiger partial charge in [0.05, 0.1) is 22.8 Å². The fourth-order valence-corrected chi connectivity index (χ4v) is 5.83. The second kappa shape index (κ2) is 13.3. The molecule has 1 amide bonds. The quantitative estimate of drug-likeness (QED) is 0.227. The molecule has 1 aliphatic carbocycles. The Bertz CT molecular complexity index is 1330. The number of carbonyl (C=O) groups excluding carboxylic acids is 1. The van der Waals surface area contributed by atoms with Crippen molar-refractivity contribution in [2.45, 2.75) is 50.2 Å². The average molecular weight is 590 g/mol. The monoisotopic (exact) mass is 588 g/mol. The fourth-order valence-electron chi connectivity index (χ4n) is 5.22. The Hall–Kier alpha value is -2.68. The van der Waals surface area contributed by atoms with Gasteiger partial charge in [-0.05, 0) is 68.0 Å². The number of carbonyl (C=O) groups is 1. The van der Waals surface area contributed by atoms with Gasteiger partial charge in [-0.3, -0.25) is 4.79 Å². The molecule has 1 saturated carbocycles. The van der Waals surface area contributed by atoms with E-state index in [4.69, 9.17) is 38.4 Å². The van der Waals surface area contributed by atoms with Crippen molar-refractivity contribution in [1.82, 2.24) is 5.32 Å². The van der Waals surface area contributed by atoms with Crippen LogP contribution in [0.1, 0.15) is 60.0 Å². The van der Waals surface area contributed by atoms with Gasteiger partial charge in [0.2, 0.25) is 5.91 Å². The number of methoxy groups -OCH3 is 1. The molecule has 4 N–H and O–H groups in total. The number of primary amides is 1. The van der Waals surface area contributed by atoms with Crippen LogP contribution < -0.4 is 15.8 Å². The minimum atomic E-state index is -0.792. The van der Waals surface area contributed by atoms with Gasteiger partial charge in [-0.1, -0.05) is 53.5 Å². The van der Waals surface area contributed by atoms with Crippen molar-refractivity contribution >= 4 is 29.1 Å². The Kier molecular flexibility index (Phi) is 10.1. The Morgan fingerprint density at radius 2 is 1.82 bits per heavy atom. The topological polar surface area (TPSA) is 93.8 Å². The van der Waals surface area contributed by atoms with E-state index < -0.39 is 17.3 Å². The molecule has 1 atom stereocenters. The lowest BCUT2D eigenvalue weighted by Crippen LogP contribution is -2.41. The van der Waals surface area contributed by atoms with Gasteiger partial charge in [-0.2, -0.15) is 0 Å². The van der Waals surface area contributed by atoms with E-state index in [1.54, 1.807) is 12.1 Å². The molecule has 0 aliphatic heterocycles. The average Bonchev–Trinajstić information content (AvgIpc) is 2.92. The second-order valence-electron chi connectivity index (χ2n) is 10.5. The number of benzene rings is 3. The molecular weight excluding hydrogens is 554 g/mol. The summed E-state index contributed by atoms with van der Waals surface area (Å²) >= 11 is 13.4. The number of amides is 1. The SMILES string of the molecule is COCCOc1ccc(C(N)=O)c(-c2cc(C(CNC3CCC(C)(O)CC3)c3ccccc3)c(Cl)cc2Cl)c1F. The maximum Gasteiger partial charge on any atom is 0.249 e. The molecule has 40 heavy (non-hydrogen) atoms. The van der Waals surface area contributed by atoms with E-state index in [-0.39, 0.29) is 47.1 Å². The zero-order valence-electron chi connectivity index (χ0n) is 22.7. The van der Waals surface area contributed by atoms with Gasteiger partial charge < -0.3 is 25.6 Å². The van der Waals surface area contributed by atoms with E-state index in [0.29, 0.717) is 17.1 Å². The summed E-state index contributed by atoms with van der Waals surface area (Å²) in [5.41, 5.74) is 6.99. The standard InChI is InChI=1S/C31H35Cl2FN2O4/c1-31(38)12-10-20(11-13-31)36-18-24(19-6-4-3-5-7-19)22-16-23(26(33)17-25(22)32)28-21(30(35)37)8-9-27(29(28)34)40-15-14-39-2/h3-9,16-17,20,24,36,38H,10-15,18H2,1-2H3,(H2,35,37). The minimum Gasteiger partial charge on any atom is -0.488 e. The molecule has 0 saturated heterocycles.